The van der Waals surface area contributed by atoms with E-state index in [1.54, 1.807) is 7.05 Å². The number of carbonyl (C=O) groups excluding carboxylic acids is 2. The van der Waals surface area contributed by atoms with Crippen molar-refractivity contribution < 1.29 is 18.0 Å². The molecule has 2 aliphatic rings. The molecule has 4 rings (SSSR count). The van der Waals surface area contributed by atoms with Crippen molar-refractivity contribution in [3.05, 3.63) is 45.8 Å². The Kier molecular flexibility index (Phi) is 6.16. The number of amides is 2. The zero-order valence-corrected chi connectivity index (χ0v) is 19.2. The number of fused-ring (bicyclic) bond motifs is 1. The van der Waals surface area contributed by atoms with Crippen LogP contribution in [-0.2, 0) is 23.0 Å². The first-order valence-corrected chi connectivity index (χ1v) is 12.5. The summed E-state index contributed by atoms with van der Waals surface area (Å²) in [5, 5.41) is 6.06. The number of rotatable bonds is 5. The number of sulfonamides is 1. The number of nitrogens with zero attached hydrogens (tertiary/aromatic N) is 2. The van der Waals surface area contributed by atoms with E-state index in [0.29, 0.717) is 29.2 Å². The summed E-state index contributed by atoms with van der Waals surface area (Å²) in [6, 6.07) is 5.96. The fourth-order valence-electron chi connectivity index (χ4n) is 4.02. The number of carbonyl (C=O) groups is 2. The van der Waals surface area contributed by atoms with Crippen molar-refractivity contribution in [3.8, 4) is 0 Å². The van der Waals surface area contributed by atoms with Crippen molar-refractivity contribution in [2.24, 2.45) is 0 Å². The van der Waals surface area contributed by atoms with Crippen LogP contribution in [0.25, 0.3) is 0 Å². The van der Waals surface area contributed by atoms with Crippen molar-refractivity contribution in [1.82, 2.24) is 14.5 Å². The molecule has 8 nitrogen and oxygen atoms in total. The molecule has 3 heterocycles. The van der Waals surface area contributed by atoms with Gasteiger partial charge in [-0.05, 0) is 56.1 Å². The number of thiophene rings is 1. The molecule has 1 aromatic heterocycles. The quantitative estimate of drug-likeness (QED) is 0.709. The number of benzene rings is 1. The van der Waals surface area contributed by atoms with Crippen LogP contribution in [0.2, 0.25) is 0 Å². The maximum atomic E-state index is 12.9. The first kappa shape index (κ1) is 21.9. The van der Waals surface area contributed by atoms with Crippen LogP contribution in [0.3, 0.4) is 0 Å². The number of hydrogen-bond acceptors (Lipinski definition) is 6. The van der Waals surface area contributed by atoms with Crippen LogP contribution < -0.4 is 10.6 Å². The molecule has 0 saturated carbocycles. The molecule has 31 heavy (non-hydrogen) atoms. The van der Waals surface area contributed by atoms with Gasteiger partial charge >= 0.3 is 0 Å². The summed E-state index contributed by atoms with van der Waals surface area (Å²) in [6.07, 6.45) is 2.49. The molecule has 2 aromatic rings. The molecule has 1 fully saturated rings. The standard InChI is InChI=1S/C21H26N4O4S2/c1-22-20(27)18-16-9-12-24(2)13-17(16)30-21(18)23-19(26)14-5-7-15(8-6-14)31(28,29)25-10-3-4-11-25/h5-8H,3-4,9-13H2,1-2H3,(H,22,27)(H,23,26). The highest BCUT2D eigenvalue weighted by Gasteiger charge is 2.29. The van der Waals surface area contributed by atoms with E-state index in [1.807, 2.05) is 7.05 Å². The van der Waals surface area contributed by atoms with E-state index in [9.17, 15) is 18.0 Å². The Morgan fingerprint density at radius 3 is 2.35 bits per heavy atom. The smallest absolute Gasteiger partial charge is 0.256 e. The van der Waals surface area contributed by atoms with Crippen LogP contribution in [0.4, 0.5) is 5.00 Å². The van der Waals surface area contributed by atoms with E-state index in [2.05, 4.69) is 15.5 Å². The molecule has 0 spiro atoms. The fourth-order valence-corrected chi connectivity index (χ4v) is 6.85. The Morgan fingerprint density at radius 2 is 1.71 bits per heavy atom. The molecule has 0 bridgehead atoms. The van der Waals surface area contributed by atoms with E-state index in [4.69, 9.17) is 0 Å². The highest BCUT2D eigenvalue weighted by atomic mass is 32.2. The van der Waals surface area contributed by atoms with Crippen LogP contribution in [0.1, 0.15) is 44.0 Å². The van der Waals surface area contributed by atoms with Gasteiger partial charge in [-0.1, -0.05) is 0 Å². The number of nitrogens with one attached hydrogen (secondary N) is 2. The largest absolute Gasteiger partial charge is 0.355 e. The van der Waals surface area contributed by atoms with Gasteiger partial charge in [0.2, 0.25) is 10.0 Å². The lowest BCUT2D eigenvalue weighted by atomic mass is 10.0. The third-order valence-corrected chi connectivity index (χ3v) is 8.79. The van der Waals surface area contributed by atoms with E-state index in [1.165, 1.54) is 39.9 Å². The van der Waals surface area contributed by atoms with Crippen LogP contribution in [0.15, 0.2) is 29.2 Å². The van der Waals surface area contributed by atoms with Gasteiger partial charge in [-0.15, -0.1) is 11.3 Å². The second-order valence-electron chi connectivity index (χ2n) is 7.86. The molecular formula is C21H26N4O4S2. The van der Waals surface area contributed by atoms with Gasteiger partial charge in [-0.2, -0.15) is 4.31 Å². The average molecular weight is 463 g/mol. The van der Waals surface area contributed by atoms with Gasteiger partial charge < -0.3 is 15.5 Å². The van der Waals surface area contributed by atoms with Gasteiger partial charge in [0.25, 0.3) is 11.8 Å². The van der Waals surface area contributed by atoms with E-state index >= 15 is 0 Å². The Hall–Kier alpha value is -2.27. The first-order chi connectivity index (χ1) is 14.8. The lowest BCUT2D eigenvalue weighted by Crippen LogP contribution is -2.28. The summed E-state index contributed by atoms with van der Waals surface area (Å²) < 4.78 is 26.8. The molecule has 10 heteroatoms. The van der Waals surface area contributed by atoms with Crippen LogP contribution in [0, 0.1) is 0 Å². The van der Waals surface area contributed by atoms with Crippen molar-refractivity contribution in [2.45, 2.75) is 30.7 Å². The second-order valence-corrected chi connectivity index (χ2v) is 10.9. The lowest BCUT2D eigenvalue weighted by Gasteiger charge is -2.22. The summed E-state index contributed by atoms with van der Waals surface area (Å²) in [6.45, 7) is 2.66. The van der Waals surface area contributed by atoms with Gasteiger partial charge in [0.15, 0.2) is 0 Å². The number of hydrogen-bond donors (Lipinski definition) is 2. The summed E-state index contributed by atoms with van der Waals surface area (Å²) in [7, 11) is 0.0793. The Morgan fingerprint density at radius 1 is 1.03 bits per heavy atom. The predicted octanol–water partition coefficient (Wildman–Crippen LogP) is 2.13. The normalized spacial score (nSPS) is 17.4. The molecule has 0 radical (unpaired) electrons. The average Bonchev–Trinajstić information content (AvgIpc) is 3.41. The van der Waals surface area contributed by atoms with E-state index < -0.39 is 10.0 Å². The topological polar surface area (TPSA) is 98.8 Å². The molecule has 2 N–H and O–H groups in total. The van der Waals surface area contributed by atoms with Gasteiger partial charge in [0, 0.05) is 43.7 Å². The molecule has 0 aliphatic carbocycles. The van der Waals surface area contributed by atoms with E-state index in [-0.39, 0.29) is 16.7 Å². The second kappa shape index (κ2) is 8.70. The van der Waals surface area contributed by atoms with Gasteiger partial charge in [0.1, 0.15) is 5.00 Å². The first-order valence-electron chi connectivity index (χ1n) is 10.3. The maximum Gasteiger partial charge on any atom is 0.256 e. The van der Waals surface area contributed by atoms with Crippen molar-refractivity contribution in [1.29, 1.82) is 0 Å². The molecule has 0 atom stereocenters. The molecule has 166 valence electrons. The fraction of sp³-hybridized carbons (Fsp3) is 0.429. The molecular weight excluding hydrogens is 436 g/mol. The predicted molar refractivity (Wildman–Crippen MR) is 120 cm³/mol. The Labute approximate surface area is 186 Å². The van der Waals surface area contributed by atoms with Gasteiger partial charge in [0.05, 0.1) is 10.5 Å². The van der Waals surface area contributed by atoms with Crippen molar-refractivity contribution >= 4 is 38.2 Å². The molecule has 2 aliphatic heterocycles. The minimum absolute atomic E-state index is 0.187. The molecule has 1 aromatic carbocycles. The third kappa shape index (κ3) is 4.25. The van der Waals surface area contributed by atoms with Crippen LogP contribution in [-0.4, -0.2) is 63.2 Å². The minimum Gasteiger partial charge on any atom is -0.355 e. The maximum absolute atomic E-state index is 12.9. The highest BCUT2D eigenvalue weighted by molar-refractivity contribution is 7.89. The Balaban J connectivity index is 1.57. The minimum atomic E-state index is -3.52. The third-order valence-electron chi connectivity index (χ3n) is 5.75. The number of likely N-dealkylation sites (N-methyl/N-ethyl adjacent to an activating group) is 1. The highest BCUT2D eigenvalue weighted by Crippen LogP contribution is 2.37. The molecule has 0 unspecified atom stereocenters. The summed E-state index contributed by atoms with van der Waals surface area (Å²) in [5.41, 5.74) is 1.86. The van der Waals surface area contributed by atoms with Gasteiger partial charge in [-0.25, -0.2) is 8.42 Å². The monoisotopic (exact) mass is 462 g/mol. The summed E-state index contributed by atoms with van der Waals surface area (Å²) in [5.74, 6) is -0.591. The van der Waals surface area contributed by atoms with Crippen molar-refractivity contribution in [2.75, 3.05) is 39.0 Å². The SMILES string of the molecule is CNC(=O)c1c(NC(=O)c2ccc(S(=O)(=O)N3CCCC3)cc2)sc2c1CCN(C)C2. The number of anilines is 1. The summed E-state index contributed by atoms with van der Waals surface area (Å²) >= 11 is 1.42. The zero-order valence-electron chi connectivity index (χ0n) is 17.6. The van der Waals surface area contributed by atoms with Crippen LogP contribution in [0.5, 0.6) is 0 Å². The summed E-state index contributed by atoms with van der Waals surface area (Å²) in [4.78, 5) is 28.8. The molecule has 2 amide bonds. The van der Waals surface area contributed by atoms with Crippen molar-refractivity contribution in [3.63, 3.8) is 0 Å². The van der Waals surface area contributed by atoms with E-state index in [0.717, 1.165) is 42.8 Å². The van der Waals surface area contributed by atoms with Gasteiger partial charge in [-0.3, -0.25) is 9.59 Å². The zero-order chi connectivity index (χ0) is 22.2. The Bertz CT molecular complexity index is 1100. The van der Waals surface area contributed by atoms with Crippen LogP contribution >= 0.6 is 11.3 Å². The lowest BCUT2D eigenvalue weighted by molar-refractivity contribution is 0.0963. The molecule has 1 saturated heterocycles.